The van der Waals surface area contributed by atoms with Gasteiger partial charge in [0.25, 0.3) is 0 Å². The third-order valence-electron chi connectivity index (χ3n) is 1.38. The molecule has 0 aliphatic heterocycles. The van der Waals surface area contributed by atoms with E-state index in [1.165, 1.54) is 12.2 Å². The van der Waals surface area contributed by atoms with Crippen LogP contribution in [0.3, 0.4) is 0 Å². The first kappa shape index (κ1) is 11.3. The Hall–Kier alpha value is 0.270. The lowest BCUT2D eigenvalue weighted by atomic mass is 10.4. The second-order valence-electron chi connectivity index (χ2n) is 2.51. The SMILES string of the molecule is CCCSCC(CO)NCC. The Morgan fingerprint density at radius 2 is 2.18 bits per heavy atom. The molecule has 0 bridgehead atoms. The normalized spacial score (nSPS) is 13.4. The summed E-state index contributed by atoms with van der Waals surface area (Å²) in [5.74, 6) is 2.22. The highest BCUT2D eigenvalue weighted by molar-refractivity contribution is 7.99. The van der Waals surface area contributed by atoms with Crippen molar-refractivity contribution in [3.63, 3.8) is 0 Å². The quantitative estimate of drug-likeness (QED) is 0.571. The summed E-state index contributed by atoms with van der Waals surface area (Å²) in [5.41, 5.74) is 0. The minimum Gasteiger partial charge on any atom is -0.395 e. The summed E-state index contributed by atoms with van der Waals surface area (Å²) in [6, 6.07) is 0.288. The van der Waals surface area contributed by atoms with Gasteiger partial charge in [-0.15, -0.1) is 0 Å². The van der Waals surface area contributed by atoms with Crippen LogP contribution in [0, 0.1) is 0 Å². The third-order valence-corrected chi connectivity index (χ3v) is 2.72. The van der Waals surface area contributed by atoms with Crippen molar-refractivity contribution in [2.75, 3.05) is 24.7 Å². The van der Waals surface area contributed by atoms with E-state index in [1.807, 2.05) is 11.8 Å². The monoisotopic (exact) mass is 177 g/mol. The van der Waals surface area contributed by atoms with Gasteiger partial charge in [0.2, 0.25) is 0 Å². The number of nitrogens with one attached hydrogen (secondary N) is 1. The molecule has 0 amide bonds. The van der Waals surface area contributed by atoms with Gasteiger partial charge < -0.3 is 10.4 Å². The molecule has 0 saturated heterocycles. The van der Waals surface area contributed by atoms with E-state index >= 15 is 0 Å². The first-order valence-corrected chi connectivity index (χ1v) is 5.42. The maximum atomic E-state index is 8.88. The zero-order valence-electron chi connectivity index (χ0n) is 7.47. The first-order valence-electron chi connectivity index (χ1n) is 4.27. The average Bonchev–Trinajstić information content (AvgIpc) is 2.03. The molecule has 11 heavy (non-hydrogen) atoms. The summed E-state index contributed by atoms with van der Waals surface area (Å²) < 4.78 is 0. The van der Waals surface area contributed by atoms with Crippen LogP contribution in [0.2, 0.25) is 0 Å². The van der Waals surface area contributed by atoms with Crippen molar-refractivity contribution in [3.05, 3.63) is 0 Å². The van der Waals surface area contributed by atoms with E-state index in [0.717, 1.165) is 12.3 Å². The fourth-order valence-corrected chi connectivity index (χ4v) is 1.80. The molecule has 0 saturated carbocycles. The largest absolute Gasteiger partial charge is 0.395 e. The van der Waals surface area contributed by atoms with Gasteiger partial charge in [-0.25, -0.2) is 0 Å². The van der Waals surface area contributed by atoms with Crippen LogP contribution >= 0.6 is 11.8 Å². The number of thioether (sulfide) groups is 1. The fraction of sp³-hybridized carbons (Fsp3) is 1.00. The highest BCUT2D eigenvalue weighted by Crippen LogP contribution is 2.03. The van der Waals surface area contributed by atoms with Gasteiger partial charge >= 0.3 is 0 Å². The van der Waals surface area contributed by atoms with E-state index in [9.17, 15) is 0 Å². The predicted octanol–water partition coefficient (Wildman–Crippen LogP) is 1.10. The van der Waals surface area contributed by atoms with Gasteiger partial charge in [-0.3, -0.25) is 0 Å². The smallest absolute Gasteiger partial charge is 0.0592 e. The van der Waals surface area contributed by atoms with E-state index in [4.69, 9.17) is 5.11 Å². The molecular weight excluding hydrogens is 158 g/mol. The maximum absolute atomic E-state index is 8.88. The van der Waals surface area contributed by atoms with Crippen LogP contribution in [0.1, 0.15) is 20.3 Å². The van der Waals surface area contributed by atoms with Crippen molar-refractivity contribution in [2.24, 2.45) is 0 Å². The van der Waals surface area contributed by atoms with Gasteiger partial charge in [0.05, 0.1) is 6.61 Å². The molecule has 2 N–H and O–H groups in total. The highest BCUT2D eigenvalue weighted by atomic mass is 32.2. The fourth-order valence-electron chi connectivity index (χ4n) is 0.835. The zero-order chi connectivity index (χ0) is 8.53. The summed E-state index contributed by atoms with van der Waals surface area (Å²) in [4.78, 5) is 0. The van der Waals surface area contributed by atoms with E-state index in [1.54, 1.807) is 0 Å². The predicted molar refractivity (Wildman–Crippen MR) is 52.2 cm³/mol. The summed E-state index contributed by atoms with van der Waals surface area (Å²) in [5, 5.41) is 12.1. The Morgan fingerprint density at radius 1 is 1.45 bits per heavy atom. The van der Waals surface area contributed by atoms with Crippen LogP contribution in [-0.4, -0.2) is 35.8 Å². The summed E-state index contributed by atoms with van der Waals surface area (Å²) in [6.45, 7) is 5.43. The van der Waals surface area contributed by atoms with Crippen molar-refractivity contribution >= 4 is 11.8 Å². The Balaban J connectivity index is 3.20. The molecule has 2 nitrogen and oxygen atoms in total. The van der Waals surface area contributed by atoms with Crippen LogP contribution in [0.15, 0.2) is 0 Å². The Morgan fingerprint density at radius 3 is 2.64 bits per heavy atom. The standard InChI is InChI=1S/C8H19NOS/c1-3-5-11-7-8(6-10)9-4-2/h8-10H,3-7H2,1-2H3. The van der Waals surface area contributed by atoms with Gasteiger partial charge in [-0.2, -0.15) is 11.8 Å². The summed E-state index contributed by atoms with van der Waals surface area (Å²) in [6.07, 6.45) is 1.22. The molecule has 0 aromatic rings. The average molecular weight is 177 g/mol. The van der Waals surface area contributed by atoms with Crippen molar-refractivity contribution < 1.29 is 5.11 Å². The topological polar surface area (TPSA) is 32.3 Å². The van der Waals surface area contributed by atoms with Crippen molar-refractivity contribution in [1.82, 2.24) is 5.32 Å². The Kier molecular flexibility index (Phi) is 8.57. The van der Waals surface area contributed by atoms with Gasteiger partial charge in [0, 0.05) is 11.8 Å². The van der Waals surface area contributed by atoms with E-state index < -0.39 is 0 Å². The lowest BCUT2D eigenvalue weighted by Crippen LogP contribution is -2.34. The third kappa shape index (κ3) is 6.66. The molecule has 0 radical (unpaired) electrons. The van der Waals surface area contributed by atoms with Crippen molar-refractivity contribution in [1.29, 1.82) is 0 Å². The molecule has 3 heteroatoms. The van der Waals surface area contributed by atoms with Crippen LogP contribution < -0.4 is 5.32 Å². The number of rotatable bonds is 7. The molecule has 0 rings (SSSR count). The van der Waals surface area contributed by atoms with Gasteiger partial charge in [0.1, 0.15) is 0 Å². The minimum absolute atomic E-state index is 0.255. The van der Waals surface area contributed by atoms with Gasteiger partial charge in [-0.05, 0) is 18.7 Å². The van der Waals surface area contributed by atoms with Gasteiger partial charge in [-0.1, -0.05) is 13.8 Å². The number of hydrogen-bond donors (Lipinski definition) is 2. The summed E-state index contributed by atoms with van der Waals surface area (Å²) >= 11 is 1.90. The second kappa shape index (κ2) is 8.37. The van der Waals surface area contributed by atoms with E-state index in [-0.39, 0.29) is 12.6 Å². The number of aliphatic hydroxyl groups is 1. The maximum Gasteiger partial charge on any atom is 0.0592 e. The molecular formula is C8H19NOS. The molecule has 1 unspecified atom stereocenters. The van der Waals surface area contributed by atoms with Crippen LogP contribution in [0.5, 0.6) is 0 Å². The number of hydrogen-bond acceptors (Lipinski definition) is 3. The Labute approximate surface area is 73.8 Å². The Bertz CT molecular complexity index is 80.5. The van der Waals surface area contributed by atoms with Crippen LogP contribution in [0.4, 0.5) is 0 Å². The van der Waals surface area contributed by atoms with Crippen molar-refractivity contribution in [2.45, 2.75) is 26.3 Å². The molecule has 68 valence electrons. The molecule has 0 aliphatic rings. The second-order valence-corrected chi connectivity index (χ2v) is 3.66. The highest BCUT2D eigenvalue weighted by Gasteiger charge is 2.03. The molecule has 0 fully saturated rings. The lowest BCUT2D eigenvalue weighted by Gasteiger charge is -2.13. The number of aliphatic hydroxyl groups excluding tert-OH is 1. The van der Waals surface area contributed by atoms with E-state index in [2.05, 4.69) is 19.2 Å². The zero-order valence-corrected chi connectivity index (χ0v) is 8.28. The first-order chi connectivity index (χ1) is 5.35. The van der Waals surface area contributed by atoms with E-state index in [0.29, 0.717) is 0 Å². The number of likely N-dealkylation sites (N-methyl/N-ethyl adjacent to an activating group) is 1. The molecule has 0 spiro atoms. The van der Waals surface area contributed by atoms with Gasteiger partial charge in [0.15, 0.2) is 0 Å². The van der Waals surface area contributed by atoms with Crippen molar-refractivity contribution in [3.8, 4) is 0 Å². The van der Waals surface area contributed by atoms with Crippen LogP contribution in [-0.2, 0) is 0 Å². The molecule has 0 aromatic heterocycles. The lowest BCUT2D eigenvalue weighted by molar-refractivity contribution is 0.255. The summed E-state index contributed by atoms with van der Waals surface area (Å²) in [7, 11) is 0. The minimum atomic E-state index is 0.255. The molecule has 1 atom stereocenters. The van der Waals surface area contributed by atoms with Crippen LogP contribution in [0.25, 0.3) is 0 Å². The molecule has 0 aromatic carbocycles. The molecule has 0 heterocycles. The molecule has 0 aliphatic carbocycles.